The van der Waals surface area contributed by atoms with Gasteiger partial charge in [-0.15, -0.1) is 0 Å². The molecule has 0 saturated carbocycles. The fourth-order valence-corrected chi connectivity index (χ4v) is 7.31. The lowest BCUT2D eigenvalue weighted by molar-refractivity contribution is 0.202. The van der Waals surface area contributed by atoms with Gasteiger partial charge < -0.3 is 9.84 Å². The highest BCUT2D eigenvalue weighted by Crippen LogP contribution is 2.57. The summed E-state index contributed by atoms with van der Waals surface area (Å²) in [5.41, 5.74) is 3.98. The standard InChI is InChI=1S/C22H16Br4O3S.C2H6/c1-10-13(8-15(23)20(27)18(10)25)22(12-6-4-5-7-17(12)30-29-22)14-9-16(24)21(28-3)19(26)11(14)2;1-2/h4-9,27H,1-3H3;1-2H3. The molecule has 4 rings (SSSR count). The number of rotatable bonds is 3. The van der Waals surface area contributed by atoms with Crippen LogP contribution in [0.1, 0.15) is 41.7 Å². The Hall–Kier alpha value is -0.510. The molecule has 170 valence electrons. The summed E-state index contributed by atoms with van der Waals surface area (Å²) in [5, 5.41) is 10.4. The minimum Gasteiger partial charge on any atom is -0.506 e. The summed E-state index contributed by atoms with van der Waals surface area (Å²) in [6, 6.07) is 12.2. The van der Waals surface area contributed by atoms with E-state index in [1.54, 1.807) is 7.11 Å². The predicted octanol–water partition coefficient (Wildman–Crippen LogP) is 9.42. The van der Waals surface area contributed by atoms with Crippen molar-refractivity contribution in [1.29, 1.82) is 0 Å². The van der Waals surface area contributed by atoms with Crippen LogP contribution in [-0.2, 0) is 9.78 Å². The summed E-state index contributed by atoms with van der Waals surface area (Å²) in [5.74, 6) is 0.897. The van der Waals surface area contributed by atoms with Crippen LogP contribution in [0.5, 0.6) is 11.5 Å². The van der Waals surface area contributed by atoms with Gasteiger partial charge in [0.1, 0.15) is 11.5 Å². The maximum absolute atomic E-state index is 10.4. The molecule has 3 nitrogen and oxygen atoms in total. The van der Waals surface area contributed by atoms with Crippen molar-refractivity contribution in [1.82, 2.24) is 0 Å². The van der Waals surface area contributed by atoms with Crippen LogP contribution in [-0.4, -0.2) is 12.2 Å². The zero-order chi connectivity index (χ0) is 23.8. The lowest BCUT2D eigenvalue weighted by atomic mass is 9.77. The first kappa shape index (κ1) is 26.1. The molecule has 3 aromatic rings. The van der Waals surface area contributed by atoms with Crippen molar-refractivity contribution in [3.05, 3.63) is 82.1 Å². The molecule has 1 aliphatic heterocycles. The van der Waals surface area contributed by atoms with Gasteiger partial charge in [-0.2, -0.15) is 0 Å². The van der Waals surface area contributed by atoms with Gasteiger partial charge in [-0.25, -0.2) is 0 Å². The molecule has 3 aromatic carbocycles. The highest BCUT2D eigenvalue weighted by atomic mass is 79.9. The maximum Gasteiger partial charge on any atom is 0.160 e. The molecule has 1 N–H and O–H groups in total. The number of halogens is 4. The van der Waals surface area contributed by atoms with Crippen molar-refractivity contribution >= 4 is 75.8 Å². The molecule has 1 atom stereocenters. The summed E-state index contributed by atoms with van der Waals surface area (Å²) in [6.07, 6.45) is 0. The molecular formula is C24H22Br4O3S. The zero-order valence-electron chi connectivity index (χ0n) is 18.1. The largest absolute Gasteiger partial charge is 0.506 e. The Morgan fingerprint density at radius 1 is 0.875 bits per heavy atom. The van der Waals surface area contributed by atoms with E-state index in [-0.39, 0.29) is 5.75 Å². The van der Waals surface area contributed by atoms with Crippen LogP contribution in [0.3, 0.4) is 0 Å². The van der Waals surface area contributed by atoms with Crippen LogP contribution in [0.25, 0.3) is 0 Å². The summed E-state index contributed by atoms with van der Waals surface area (Å²) in [6.45, 7) is 8.02. The van der Waals surface area contributed by atoms with Crippen LogP contribution in [0.4, 0.5) is 0 Å². The van der Waals surface area contributed by atoms with Crippen LogP contribution in [0.15, 0.2) is 59.2 Å². The molecule has 1 unspecified atom stereocenters. The van der Waals surface area contributed by atoms with Gasteiger partial charge in [0.2, 0.25) is 0 Å². The lowest BCUT2D eigenvalue weighted by Crippen LogP contribution is -2.30. The number of phenols is 1. The van der Waals surface area contributed by atoms with Crippen molar-refractivity contribution in [2.45, 2.75) is 38.2 Å². The van der Waals surface area contributed by atoms with E-state index in [2.05, 4.69) is 81.9 Å². The Balaban J connectivity index is 0.00000141. The molecule has 0 radical (unpaired) electrons. The quantitative estimate of drug-likeness (QED) is 0.275. The molecular weight excluding hydrogens is 688 g/mol. The fraction of sp³-hybridized carbons (Fsp3) is 0.250. The van der Waals surface area contributed by atoms with E-state index in [0.29, 0.717) is 8.95 Å². The van der Waals surface area contributed by atoms with E-state index in [9.17, 15) is 5.11 Å². The molecule has 32 heavy (non-hydrogen) atoms. The summed E-state index contributed by atoms with van der Waals surface area (Å²) in [4.78, 5) is 1.06. The molecule has 0 spiro atoms. The van der Waals surface area contributed by atoms with Crippen LogP contribution in [0.2, 0.25) is 0 Å². The van der Waals surface area contributed by atoms with Gasteiger partial charge in [0.05, 0.1) is 25.0 Å². The number of phenolic OH excluding ortho intramolecular Hbond substituents is 1. The number of fused-ring (bicyclic) bond motifs is 1. The predicted molar refractivity (Wildman–Crippen MR) is 146 cm³/mol. The molecule has 0 bridgehead atoms. The normalized spacial score (nSPS) is 16.9. The SMILES string of the molecule is CC.COc1c(Br)cc(C2(c3cc(Br)c(O)c(Br)c3C)OSc3ccccc32)c(C)c1Br. The van der Waals surface area contributed by atoms with E-state index < -0.39 is 5.60 Å². The number of hydrogen-bond acceptors (Lipinski definition) is 4. The lowest BCUT2D eigenvalue weighted by Gasteiger charge is -2.34. The Kier molecular flexibility index (Phi) is 8.48. The fourth-order valence-electron chi connectivity index (χ4n) is 3.82. The van der Waals surface area contributed by atoms with Crippen molar-refractivity contribution in [2.75, 3.05) is 7.11 Å². The number of benzene rings is 3. The third-order valence-electron chi connectivity index (χ3n) is 5.34. The summed E-state index contributed by atoms with van der Waals surface area (Å²) >= 11 is 15.8. The van der Waals surface area contributed by atoms with Crippen molar-refractivity contribution in [2.24, 2.45) is 0 Å². The van der Waals surface area contributed by atoms with E-state index in [1.807, 2.05) is 45.9 Å². The first-order chi connectivity index (χ1) is 15.2. The first-order valence-electron chi connectivity index (χ1n) is 9.90. The monoisotopic (exact) mass is 706 g/mol. The van der Waals surface area contributed by atoms with Crippen molar-refractivity contribution in [3.8, 4) is 11.5 Å². The molecule has 0 fully saturated rings. The van der Waals surface area contributed by atoms with E-state index in [0.717, 1.165) is 47.4 Å². The number of ether oxygens (including phenoxy) is 1. The summed E-state index contributed by atoms with van der Waals surface area (Å²) < 4.78 is 15.1. The molecule has 0 aromatic heterocycles. The van der Waals surface area contributed by atoms with Gasteiger partial charge in [0.25, 0.3) is 0 Å². The zero-order valence-corrected chi connectivity index (χ0v) is 25.3. The van der Waals surface area contributed by atoms with E-state index in [4.69, 9.17) is 8.92 Å². The number of hydrogen-bond donors (Lipinski definition) is 1. The Labute approximate surface area is 227 Å². The second-order valence-corrected chi connectivity index (χ2v) is 11.0. The van der Waals surface area contributed by atoms with Gasteiger partial charge in [-0.1, -0.05) is 32.0 Å². The Bertz CT molecular complexity index is 1180. The molecule has 0 aliphatic carbocycles. The number of methoxy groups -OCH3 is 1. The second-order valence-electron chi connectivity index (χ2n) is 6.92. The molecule has 1 heterocycles. The minimum absolute atomic E-state index is 0.166. The van der Waals surface area contributed by atoms with Crippen LogP contribution < -0.4 is 4.74 Å². The van der Waals surface area contributed by atoms with Crippen molar-refractivity contribution in [3.63, 3.8) is 0 Å². The van der Waals surface area contributed by atoms with Gasteiger partial charge in [-0.05, 0) is 118 Å². The highest BCUT2D eigenvalue weighted by molar-refractivity contribution is 9.11. The van der Waals surface area contributed by atoms with E-state index >= 15 is 0 Å². The average molecular weight is 710 g/mol. The molecule has 0 saturated heterocycles. The van der Waals surface area contributed by atoms with Crippen molar-refractivity contribution < 1.29 is 14.0 Å². The van der Waals surface area contributed by atoms with Crippen LogP contribution >= 0.6 is 75.8 Å². The third kappa shape index (κ3) is 4.09. The van der Waals surface area contributed by atoms with Crippen LogP contribution in [0, 0.1) is 13.8 Å². The average Bonchev–Trinajstić information content (AvgIpc) is 3.19. The first-order valence-corrected chi connectivity index (χ1v) is 13.8. The molecule has 0 amide bonds. The van der Waals surface area contributed by atoms with Gasteiger partial charge >= 0.3 is 0 Å². The highest BCUT2D eigenvalue weighted by Gasteiger charge is 2.48. The Morgan fingerprint density at radius 2 is 1.44 bits per heavy atom. The molecule has 8 heteroatoms. The Morgan fingerprint density at radius 3 is 2.06 bits per heavy atom. The third-order valence-corrected chi connectivity index (χ3v) is 9.33. The smallest absolute Gasteiger partial charge is 0.160 e. The number of aromatic hydroxyl groups is 1. The van der Waals surface area contributed by atoms with Gasteiger partial charge in [-0.3, -0.25) is 4.18 Å². The summed E-state index contributed by atoms with van der Waals surface area (Å²) in [7, 11) is 1.65. The van der Waals surface area contributed by atoms with Gasteiger partial charge in [0.15, 0.2) is 5.60 Å². The van der Waals surface area contributed by atoms with Gasteiger partial charge in [0, 0.05) is 22.5 Å². The molecule has 1 aliphatic rings. The maximum atomic E-state index is 10.4. The second kappa shape index (κ2) is 10.4. The topological polar surface area (TPSA) is 38.7 Å². The minimum atomic E-state index is -0.883. The van der Waals surface area contributed by atoms with E-state index in [1.165, 1.54) is 12.0 Å².